The molecule has 2 aromatic rings. The summed E-state index contributed by atoms with van der Waals surface area (Å²) in [6, 6.07) is 14.8. The quantitative estimate of drug-likeness (QED) is 0.605. The molecule has 162 valence electrons. The van der Waals surface area contributed by atoms with Crippen molar-refractivity contribution in [3.05, 3.63) is 66.0 Å². The van der Waals surface area contributed by atoms with E-state index in [0.717, 1.165) is 12.0 Å². The SMILES string of the molecule is CC[C@H](C)NC(=O)[C@H](CC)N(CCc1ccccc1)C(=O)COc1ccc(F)cc1. The first kappa shape index (κ1) is 23.4. The van der Waals surface area contributed by atoms with E-state index in [0.29, 0.717) is 25.1 Å². The lowest BCUT2D eigenvalue weighted by atomic mass is 10.1. The van der Waals surface area contributed by atoms with Crippen LogP contribution in [0.25, 0.3) is 0 Å². The fraction of sp³-hybridized carbons (Fsp3) is 0.417. The van der Waals surface area contributed by atoms with E-state index in [9.17, 15) is 14.0 Å². The molecular weight excluding hydrogens is 383 g/mol. The maximum Gasteiger partial charge on any atom is 0.261 e. The van der Waals surface area contributed by atoms with Crippen LogP contribution in [0.5, 0.6) is 5.75 Å². The molecule has 0 aromatic heterocycles. The Morgan fingerprint density at radius 3 is 2.30 bits per heavy atom. The first-order valence-corrected chi connectivity index (χ1v) is 10.5. The number of hydrogen-bond donors (Lipinski definition) is 1. The van der Waals surface area contributed by atoms with Crippen molar-refractivity contribution in [3.8, 4) is 5.75 Å². The van der Waals surface area contributed by atoms with E-state index in [-0.39, 0.29) is 30.3 Å². The summed E-state index contributed by atoms with van der Waals surface area (Å²) in [6.45, 7) is 6.03. The summed E-state index contributed by atoms with van der Waals surface area (Å²) in [7, 11) is 0. The maximum absolute atomic E-state index is 13.1. The van der Waals surface area contributed by atoms with Gasteiger partial charge in [-0.15, -0.1) is 0 Å². The number of nitrogens with one attached hydrogen (secondary N) is 1. The summed E-state index contributed by atoms with van der Waals surface area (Å²) < 4.78 is 18.6. The van der Waals surface area contributed by atoms with E-state index in [4.69, 9.17) is 4.74 Å². The number of benzene rings is 2. The monoisotopic (exact) mass is 414 g/mol. The molecule has 30 heavy (non-hydrogen) atoms. The molecule has 0 unspecified atom stereocenters. The van der Waals surface area contributed by atoms with Crippen molar-refractivity contribution in [1.82, 2.24) is 10.2 Å². The summed E-state index contributed by atoms with van der Waals surface area (Å²) >= 11 is 0. The minimum atomic E-state index is -0.577. The second-order valence-corrected chi connectivity index (χ2v) is 7.31. The van der Waals surface area contributed by atoms with Gasteiger partial charge in [-0.2, -0.15) is 0 Å². The van der Waals surface area contributed by atoms with Crippen molar-refractivity contribution >= 4 is 11.8 Å². The van der Waals surface area contributed by atoms with Crippen molar-refractivity contribution in [2.45, 2.75) is 52.1 Å². The Kier molecular flexibility index (Phi) is 9.32. The fourth-order valence-electron chi connectivity index (χ4n) is 3.10. The van der Waals surface area contributed by atoms with E-state index >= 15 is 0 Å². The first-order valence-electron chi connectivity index (χ1n) is 10.5. The first-order chi connectivity index (χ1) is 14.4. The summed E-state index contributed by atoms with van der Waals surface area (Å²) in [5.41, 5.74) is 1.09. The third-order valence-corrected chi connectivity index (χ3v) is 5.05. The molecule has 0 aliphatic rings. The van der Waals surface area contributed by atoms with Crippen LogP contribution >= 0.6 is 0 Å². The van der Waals surface area contributed by atoms with Crippen LogP contribution in [0.1, 0.15) is 39.2 Å². The van der Waals surface area contributed by atoms with E-state index in [1.54, 1.807) is 4.90 Å². The van der Waals surface area contributed by atoms with Crippen LogP contribution in [0.2, 0.25) is 0 Å². The average molecular weight is 415 g/mol. The van der Waals surface area contributed by atoms with Gasteiger partial charge in [-0.05, 0) is 56.0 Å². The van der Waals surface area contributed by atoms with Gasteiger partial charge in [0.25, 0.3) is 5.91 Å². The van der Waals surface area contributed by atoms with Crippen LogP contribution in [0.15, 0.2) is 54.6 Å². The Morgan fingerprint density at radius 2 is 1.70 bits per heavy atom. The molecule has 2 aromatic carbocycles. The number of rotatable bonds is 11. The molecule has 2 atom stereocenters. The van der Waals surface area contributed by atoms with Gasteiger partial charge in [-0.25, -0.2) is 4.39 Å². The van der Waals surface area contributed by atoms with E-state index in [1.165, 1.54) is 24.3 Å². The molecule has 0 bridgehead atoms. The Balaban J connectivity index is 2.11. The molecule has 0 spiro atoms. The van der Waals surface area contributed by atoms with E-state index in [1.807, 2.05) is 51.1 Å². The van der Waals surface area contributed by atoms with Crippen molar-refractivity contribution in [1.29, 1.82) is 0 Å². The zero-order valence-corrected chi connectivity index (χ0v) is 17.9. The summed E-state index contributed by atoms with van der Waals surface area (Å²) in [4.78, 5) is 27.4. The zero-order chi connectivity index (χ0) is 21.9. The van der Waals surface area contributed by atoms with Gasteiger partial charge in [0.1, 0.15) is 17.6 Å². The Morgan fingerprint density at radius 1 is 1.03 bits per heavy atom. The minimum absolute atomic E-state index is 0.0353. The third kappa shape index (κ3) is 7.17. The molecule has 1 N–H and O–H groups in total. The second-order valence-electron chi connectivity index (χ2n) is 7.31. The van der Waals surface area contributed by atoms with Crippen LogP contribution < -0.4 is 10.1 Å². The highest BCUT2D eigenvalue weighted by atomic mass is 19.1. The molecule has 0 aliphatic heterocycles. The topological polar surface area (TPSA) is 58.6 Å². The number of nitrogens with zero attached hydrogens (tertiary/aromatic N) is 1. The van der Waals surface area contributed by atoms with Gasteiger partial charge < -0.3 is 15.0 Å². The largest absolute Gasteiger partial charge is 0.484 e. The number of carbonyl (C=O) groups excluding carboxylic acids is 2. The summed E-state index contributed by atoms with van der Waals surface area (Å²) in [5.74, 6) is -0.396. The Bertz CT molecular complexity index is 796. The minimum Gasteiger partial charge on any atom is -0.484 e. The standard InChI is InChI=1S/C24H31FN2O3/c1-4-18(3)26-24(29)22(5-2)27(16-15-19-9-7-6-8-10-19)23(28)17-30-21-13-11-20(25)12-14-21/h6-14,18,22H,4-5,15-17H2,1-3H3,(H,26,29)/t18-,22-/m0/s1. The third-order valence-electron chi connectivity index (χ3n) is 5.05. The van der Waals surface area contributed by atoms with Gasteiger partial charge in [0, 0.05) is 12.6 Å². The van der Waals surface area contributed by atoms with Gasteiger partial charge in [-0.3, -0.25) is 9.59 Å². The van der Waals surface area contributed by atoms with Crippen LogP contribution in [0.4, 0.5) is 4.39 Å². The van der Waals surface area contributed by atoms with Gasteiger partial charge in [-0.1, -0.05) is 44.2 Å². The van der Waals surface area contributed by atoms with Gasteiger partial charge in [0.05, 0.1) is 0 Å². The molecule has 6 heteroatoms. The predicted molar refractivity (Wildman–Crippen MR) is 116 cm³/mol. The van der Waals surface area contributed by atoms with E-state index < -0.39 is 6.04 Å². The molecule has 0 saturated carbocycles. The predicted octanol–water partition coefficient (Wildman–Crippen LogP) is 3.97. The highest BCUT2D eigenvalue weighted by Gasteiger charge is 2.29. The van der Waals surface area contributed by atoms with Crippen LogP contribution in [-0.4, -0.2) is 41.9 Å². The van der Waals surface area contributed by atoms with Gasteiger partial charge in [0.15, 0.2) is 6.61 Å². The molecule has 0 aliphatic carbocycles. The molecule has 2 rings (SSSR count). The average Bonchev–Trinajstić information content (AvgIpc) is 2.76. The van der Waals surface area contributed by atoms with E-state index in [2.05, 4.69) is 5.32 Å². The number of hydrogen-bond acceptors (Lipinski definition) is 3. The molecule has 5 nitrogen and oxygen atoms in total. The molecule has 0 heterocycles. The lowest BCUT2D eigenvalue weighted by Gasteiger charge is -2.31. The van der Waals surface area contributed by atoms with Crippen molar-refractivity contribution < 1.29 is 18.7 Å². The van der Waals surface area contributed by atoms with Gasteiger partial charge >= 0.3 is 0 Å². The fourth-order valence-corrected chi connectivity index (χ4v) is 3.10. The number of amides is 2. The Labute approximate surface area is 178 Å². The Hall–Kier alpha value is -2.89. The highest BCUT2D eigenvalue weighted by molar-refractivity contribution is 5.88. The molecule has 0 radical (unpaired) electrons. The lowest BCUT2D eigenvalue weighted by Crippen LogP contribution is -2.52. The number of carbonyl (C=O) groups is 2. The molecule has 0 fully saturated rings. The smallest absolute Gasteiger partial charge is 0.261 e. The van der Waals surface area contributed by atoms with Crippen LogP contribution in [0, 0.1) is 5.82 Å². The molecular formula is C24H31FN2O3. The summed E-state index contributed by atoms with van der Waals surface area (Å²) in [6.07, 6.45) is 1.95. The number of halogens is 1. The maximum atomic E-state index is 13.1. The van der Waals surface area contributed by atoms with Gasteiger partial charge in [0.2, 0.25) is 5.91 Å². The second kappa shape index (κ2) is 12.0. The van der Waals surface area contributed by atoms with Crippen molar-refractivity contribution in [3.63, 3.8) is 0 Å². The zero-order valence-electron chi connectivity index (χ0n) is 17.9. The number of ether oxygens (including phenoxy) is 1. The van der Waals surface area contributed by atoms with Crippen LogP contribution in [0.3, 0.4) is 0 Å². The lowest BCUT2D eigenvalue weighted by molar-refractivity contribution is -0.142. The van der Waals surface area contributed by atoms with Crippen LogP contribution in [-0.2, 0) is 16.0 Å². The summed E-state index contributed by atoms with van der Waals surface area (Å²) in [5, 5.41) is 2.98. The molecule has 2 amide bonds. The molecule has 0 saturated heterocycles. The van der Waals surface area contributed by atoms with Crippen molar-refractivity contribution in [2.24, 2.45) is 0 Å². The highest BCUT2D eigenvalue weighted by Crippen LogP contribution is 2.13. The normalized spacial score (nSPS) is 12.7. The van der Waals surface area contributed by atoms with Crippen molar-refractivity contribution in [2.75, 3.05) is 13.2 Å².